The fourth-order valence-electron chi connectivity index (χ4n) is 1.73. The van der Waals surface area contributed by atoms with Crippen molar-refractivity contribution in [1.82, 2.24) is 15.0 Å². The Hall–Kier alpha value is -1.28. The Balaban J connectivity index is 2.12. The van der Waals surface area contributed by atoms with Gasteiger partial charge in [0.2, 0.25) is 17.8 Å². The van der Waals surface area contributed by atoms with Crippen molar-refractivity contribution in [2.24, 2.45) is 5.84 Å². The highest BCUT2D eigenvalue weighted by Crippen LogP contribution is 2.20. The lowest BCUT2D eigenvalue weighted by molar-refractivity contribution is 0.678. The van der Waals surface area contributed by atoms with Gasteiger partial charge in [0.1, 0.15) is 0 Å². The normalized spacial score (nSPS) is 19.4. The van der Waals surface area contributed by atoms with Crippen LogP contribution in [0.3, 0.4) is 0 Å². The van der Waals surface area contributed by atoms with E-state index >= 15 is 0 Å². The van der Waals surface area contributed by atoms with E-state index in [9.17, 15) is 0 Å². The molecule has 0 spiro atoms. The molecule has 1 unspecified atom stereocenters. The molecule has 0 bridgehead atoms. The lowest BCUT2D eigenvalue weighted by Gasteiger charge is -2.23. The molecule has 0 aliphatic carbocycles. The van der Waals surface area contributed by atoms with Gasteiger partial charge in [0, 0.05) is 25.9 Å². The van der Waals surface area contributed by atoms with Crippen LogP contribution < -0.4 is 21.5 Å². The topological polar surface area (TPSA) is 92.0 Å². The SMILES string of the molecule is CN(C)c1nc(NN)nc(NC2CCCSC2)n1. The van der Waals surface area contributed by atoms with E-state index in [2.05, 4.69) is 25.7 Å². The molecule has 4 N–H and O–H groups in total. The number of hydrogen-bond donors (Lipinski definition) is 3. The largest absolute Gasteiger partial charge is 0.350 e. The summed E-state index contributed by atoms with van der Waals surface area (Å²) in [5, 5.41) is 3.35. The van der Waals surface area contributed by atoms with Crippen molar-refractivity contribution in [2.75, 3.05) is 41.2 Å². The van der Waals surface area contributed by atoms with E-state index in [1.807, 2.05) is 30.8 Å². The Morgan fingerprint density at radius 2 is 2.06 bits per heavy atom. The van der Waals surface area contributed by atoms with E-state index in [4.69, 9.17) is 5.84 Å². The minimum absolute atomic E-state index is 0.375. The molecule has 7 nitrogen and oxygen atoms in total. The third-order valence-electron chi connectivity index (χ3n) is 2.65. The zero-order valence-corrected chi connectivity index (χ0v) is 11.5. The lowest BCUT2D eigenvalue weighted by atomic mass is 10.2. The average Bonchev–Trinajstić information content (AvgIpc) is 2.39. The van der Waals surface area contributed by atoms with Gasteiger partial charge in [-0.3, -0.25) is 5.43 Å². The summed E-state index contributed by atoms with van der Waals surface area (Å²) < 4.78 is 0. The van der Waals surface area contributed by atoms with Crippen molar-refractivity contribution >= 4 is 29.6 Å². The van der Waals surface area contributed by atoms with Crippen molar-refractivity contribution in [2.45, 2.75) is 18.9 Å². The molecule has 1 saturated heterocycles. The summed E-state index contributed by atoms with van der Waals surface area (Å²) in [6.07, 6.45) is 2.39. The Bertz CT molecular complexity index is 392. The molecule has 0 radical (unpaired) electrons. The van der Waals surface area contributed by atoms with Gasteiger partial charge in [-0.05, 0) is 18.6 Å². The average molecular weight is 269 g/mol. The summed E-state index contributed by atoms with van der Waals surface area (Å²) in [6, 6.07) is 0.423. The van der Waals surface area contributed by atoms with Gasteiger partial charge in [0.15, 0.2) is 0 Å². The fourth-order valence-corrected chi connectivity index (χ4v) is 2.80. The second-order valence-corrected chi connectivity index (χ2v) is 5.53. The summed E-state index contributed by atoms with van der Waals surface area (Å²) in [6.45, 7) is 0. The van der Waals surface area contributed by atoms with Crippen LogP contribution in [-0.4, -0.2) is 46.6 Å². The molecule has 1 aliphatic rings. The van der Waals surface area contributed by atoms with E-state index in [-0.39, 0.29) is 0 Å². The van der Waals surface area contributed by atoms with Gasteiger partial charge < -0.3 is 10.2 Å². The third-order valence-corrected chi connectivity index (χ3v) is 3.86. The number of hydrazine groups is 1. The standard InChI is InChI=1S/C10H19N7S/c1-17(2)10-14-8(13-9(15-10)16-11)12-7-4-3-5-18-6-7/h7H,3-6,11H2,1-2H3,(H2,12,13,14,15,16). The van der Waals surface area contributed by atoms with Gasteiger partial charge >= 0.3 is 0 Å². The van der Waals surface area contributed by atoms with E-state index in [1.54, 1.807) is 0 Å². The van der Waals surface area contributed by atoms with Gasteiger partial charge in [-0.2, -0.15) is 26.7 Å². The second kappa shape index (κ2) is 6.05. The summed E-state index contributed by atoms with van der Waals surface area (Å²) in [7, 11) is 3.77. The van der Waals surface area contributed by atoms with E-state index in [1.165, 1.54) is 12.2 Å². The highest BCUT2D eigenvalue weighted by atomic mass is 32.2. The van der Waals surface area contributed by atoms with Crippen molar-refractivity contribution in [3.63, 3.8) is 0 Å². The van der Waals surface area contributed by atoms with Crippen LogP contribution in [-0.2, 0) is 0 Å². The highest BCUT2D eigenvalue weighted by molar-refractivity contribution is 7.99. The summed E-state index contributed by atoms with van der Waals surface area (Å²) in [4.78, 5) is 14.6. The van der Waals surface area contributed by atoms with E-state index < -0.39 is 0 Å². The highest BCUT2D eigenvalue weighted by Gasteiger charge is 2.16. The van der Waals surface area contributed by atoms with Gasteiger partial charge in [0.05, 0.1) is 0 Å². The van der Waals surface area contributed by atoms with Crippen LogP contribution in [0, 0.1) is 0 Å². The number of hydrogen-bond acceptors (Lipinski definition) is 8. The molecule has 1 aliphatic heterocycles. The molecule has 100 valence electrons. The number of nitrogens with two attached hydrogens (primary N) is 1. The monoisotopic (exact) mass is 269 g/mol. The van der Waals surface area contributed by atoms with Crippen molar-refractivity contribution < 1.29 is 0 Å². The molecule has 18 heavy (non-hydrogen) atoms. The lowest BCUT2D eigenvalue weighted by Crippen LogP contribution is -2.28. The Kier molecular flexibility index (Phi) is 4.43. The number of anilines is 3. The molecule has 2 heterocycles. The molecule has 8 heteroatoms. The Labute approximate surface area is 111 Å². The molecular formula is C10H19N7S. The minimum Gasteiger partial charge on any atom is -0.350 e. The molecule has 2 rings (SSSR count). The van der Waals surface area contributed by atoms with Crippen LogP contribution in [0.2, 0.25) is 0 Å². The van der Waals surface area contributed by atoms with Crippen molar-refractivity contribution in [1.29, 1.82) is 0 Å². The fraction of sp³-hybridized carbons (Fsp3) is 0.700. The summed E-state index contributed by atoms with van der Waals surface area (Å²) in [5.41, 5.74) is 2.47. The molecule has 0 saturated carbocycles. The van der Waals surface area contributed by atoms with E-state index in [0.29, 0.717) is 23.9 Å². The molecule has 0 aromatic carbocycles. The molecule has 1 aromatic heterocycles. The zero-order chi connectivity index (χ0) is 13.0. The van der Waals surface area contributed by atoms with Gasteiger partial charge in [0.25, 0.3) is 0 Å². The molecule has 1 atom stereocenters. The molecular weight excluding hydrogens is 250 g/mol. The van der Waals surface area contributed by atoms with Gasteiger partial charge in [-0.1, -0.05) is 0 Å². The number of nitrogen functional groups attached to an aromatic ring is 1. The second-order valence-electron chi connectivity index (χ2n) is 4.38. The van der Waals surface area contributed by atoms with Crippen LogP contribution in [0.1, 0.15) is 12.8 Å². The Morgan fingerprint density at radius 3 is 2.67 bits per heavy atom. The quantitative estimate of drug-likeness (QED) is 0.538. The minimum atomic E-state index is 0.375. The first-order chi connectivity index (χ1) is 8.69. The number of thioether (sulfide) groups is 1. The first-order valence-corrected chi connectivity index (χ1v) is 7.09. The predicted molar refractivity (Wildman–Crippen MR) is 75.9 cm³/mol. The predicted octanol–water partition coefficient (Wildman–Crippen LogP) is 0.531. The van der Waals surface area contributed by atoms with Crippen LogP contribution in [0.25, 0.3) is 0 Å². The van der Waals surface area contributed by atoms with Crippen LogP contribution in [0.5, 0.6) is 0 Å². The first-order valence-electron chi connectivity index (χ1n) is 5.93. The van der Waals surface area contributed by atoms with Crippen LogP contribution in [0.15, 0.2) is 0 Å². The van der Waals surface area contributed by atoms with Crippen molar-refractivity contribution in [3.05, 3.63) is 0 Å². The smallest absolute Gasteiger partial charge is 0.243 e. The zero-order valence-electron chi connectivity index (χ0n) is 10.7. The maximum absolute atomic E-state index is 5.37. The third kappa shape index (κ3) is 3.36. The molecule has 0 amide bonds. The Morgan fingerprint density at radius 1 is 1.28 bits per heavy atom. The molecule has 1 fully saturated rings. The number of rotatable bonds is 4. The maximum atomic E-state index is 5.37. The van der Waals surface area contributed by atoms with E-state index in [0.717, 1.165) is 12.2 Å². The van der Waals surface area contributed by atoms with Crippen molar-refractivity contribution in [3.8, 4) is 0 Å². The summed E-state index contributed by atoms with van der Waals surface area (Å²) >= 11 is 1.96. The number of aromatic nitrogens is 3. The number of nitrogens with zero attached hydrogens (tertiary/aromatic N) is 4. The van der Waals surface area contributed by atoms with Crippen LogP contribution >= 0.6 is 11.8 Å². The van der Waals surface area contributed by atoms with Gasteiger partial charge in [-0.25, -0.2) is 5.84 Å². The van der Waals surface area contributed by atoms with Crippen LogP contribution in [0.4, 0.5) is 17.8 Å². The first kappa shape index (κ1) is 13.2. The molecule has 1 aromatic rings. The summed E-state index contributed by atoms with van der Waals surface area (Å²) in [5.74, 6) is 9.24. The number of nitrogens with one attached hydrogen (secondary N) is 2. The van der Waals surface area contributed by atoms with Gasteiger partial charge in [-0.15, -0.1) is 0 Å². The maximum Gasteiger partial charge on any atom is 0.243 e.